The van der Waals surface area contributed by atoms with Gasteiger partial charge in [-0.05, 0) is 30.7 Å². The van der Waals surface area contributed by atoms with E-state index < -0.39 is 11.3 Å². The van der Waals surface area contributed by atoms with Crippen LogP contribution in [0.5, 0.6) is 5.75 Å². The molecule has 0 amide bonds. The lowest BCUT2D eigenvalue weighted by atomic mass is 10.3. The highest BCUT2D eigenvalue weighted by atomic mass is 35.5. The smallest absolute Gasteiger partial charge is 0.262 e. The Morgan fingerprint density at radius 2 is 2.08 bits per heavy atom. The van der Waals surface area contributed by atoms with Crippen LogP contribution in [0.3, 0.4) is 0 Å². The number of hydrogen-bond acceptors (Lipinski definition) is 2. The average molecular weight is 219 g/mol. The van der Waals surface area contributed by atoms with E-state index in [1.54, 1.807) is 31.2 Å². The van der Waals surface area contributed by atoms with Crippen molar-refractivity contribution in [3.8, 4) is 5.75 Å². The molecule has 0 aliphatic carbocycles. The van der Waals surface area contributed by atoms with Gasteiger partial charge in [-0.25, -0.2) is 0 Å². The minimum atomic E-state index is -0.679. The second-order valence-electron chi connectivity index (χ2n) is 2.49. The molecule has 4 heteroatoms. The number of carbonyl (C=O) groups excluding carboxylic acids is 1. The summed E-state index contributed by atoms with van der Waals surface area (Å²) in [6.07, 6.45) is -0.679. The van der Waals surface area contributed by atoms with Gasteiger partial charge < -0.3 is 4.74 Å². The number of halogens is 2. The second-order valence-corrected chi connectivity index (χ2v) is 3.27. The normalized spacial score (nSPS) is 12.2. The van der Waals surface area contributed by atoms with Crippen LogP contribution in [0.25, 0.3) is 0 Å². The third-order valence-corrected chi connectivity index (χ3v) is 2.08. The molecule has 1 aromatic carbocycles. The second kappa shape index (κ2) is 4.49. The Morgan fingerprint density at radius 1 is 1.46 bits per heavy atom. The highest BCUT2D eigenvalue weighted by Gasteiger charge is 2.12. The van der Waals surface area contributed by atoms with E-state index in [0.29, 0.717) is 10.8 Å². The standard InChI is InChI=1S/C9H8Cl2O2/c1-6(9(11)12)13-8-5-3-2-4-7(8)10/h2-6H,1H3/t6-/m0/s1. The number of hydrogen-bond donors (Lipinski definition) is 0. The van der Waals surface area contributed by atoms with Crippen LogP contribution in [0.2, 0.25) is 5.02 Å². The van der Waals surface area contributed by atoms with Crippen LogP contribution in [0.4, 0.5) is 0 Å². The van der Waals surface area contributed by atoms with Crippen molar-refractivity contribution in [2.75, 3.05) is 0 Å². The molecule has 0 saturated heterocycles. The molecular weight excluding hydrogens is 211 g/mol. The van der Waals surface area contributed by atoms with E-state index in [0.717, 1.165) is 0 Å². The van der Waals surface area contributed by atoms with Crippen molar-refractivity contribution in [2.24, 2.45) is 0 Å². The van der Waals surface area contributed by atoms with Crippen LogP contribution in [0.1, 0.15) is 6.92 Å². The quantitative estimate of drug-likeness (QED) is 0.730. The lowest BCUT2D eigenvalue weighted by molar-refractivity contribution is -0.117. The zero-order chi connectivity index (χ0) is 9.84. The van der Waals surface area contributed by atoms with Gasteiger partial charge in [0.1, 0.15) is 5.75 Å². The Bertz CT molecular complexity index is 312. The first kappa shape index (κ1) is 10.4. The first-order valence-electron chi connectivity index (χ1n) is 3.72. The van der Waals surface area contributed by atoms with Crippen LogP contribution < -0.4 is 4.74 Å². The van der Waals surface area contributed by atoms with Crippen LogP contribution in [0, 0.1) is 0 Å². The highest BCUT2D eigenvalue weighted by Crippen LogP contribution is 2.24. The highest BCUT2D eigenvalue weighted by molar-refractivity contribution is 6.64. The lowest BCUT2D eigenvalue weighted by Crippen LogP contribution is -2.18. The van der Waals surface area contributed by atoms with Crippen LogP contribution in [0.15, 0.2) is 24.3 Å². The molecule has 0 aliphatic rings. The summed E-state index contributed by atoms with van der Waals surface area (Å²) < 4.78 is 5.19. The maximum absolute atomic E-state index is 10.7. The maximum atomic E-state index is 10.7. The molecule has 0 saturated carbocycles. The Morgan fingerprint density at radius 3 is 2.62 bits per heavy atom. The summed E-state index contributed by atoms with van der Waals surface area (Å²) >= 11 is 11.0. The van der Waals surface area contributed by atoms with Crippen LogP contribution in [-0.4, -0.2) is 11.3 Å². The lowest BCUT2D eigenvalue weighted by Gasteiger charge is -2.11. The number of carbonyl (C=O) groups is 1. The molecule has 2 nitrogen and oxygen atoms in total. The van der Waals surface area contributed by atoms with E-state index in [-0.39, 0.29) is 0 Å². The molecule has 0 spiro atoms. The zero-order valence-corrected chi connectivity index (χ0v) is 8.47. The Hall–Kier alpha value is -0.730. The molecule has 0 fully saturated rings. The molecule has 0 radical (unpaired) electrons. The predicted molar refractivity (Wildman–Crippen MR) is 52.4 cm³/mol. The van der Waals surface area contributed by atoms with Crippen LogP contribution >= 0.6 is 23.2 Å². The van der Waals surface area contributed by atoms with Crippen molar-refractivity contribution >= 4 is 28.4 Å². The van der Waals surface area contributed by atoms with Crippen molar-refractivity contribution in [3.05, 3.63) is 29.3 Å². The maximum Gasteiger partial charge on any atom is 0.262 e. The molecule has 13 heavy (non-hydrogen) atoms. The summed E-state index contributed by atoms with van der Waals surface area (Å²) in [7, 11) is 0. The summed E-state index contributed by atoms with van der Waals surface area (Å²) in [5, 5.41) is -0.0767. The van der Waals surface area contributed by atoms with Crippen molar-refractivity contribution in [1.82, 2.24) is 0 Å². The molecule has 0 aliphatic heterocycles. The molecule has 0 unspecified atom stereocenters. The van der Waals surface area contributed by atoms with Crippen molar-refractivity contribution in [2.45, 2.75) is 13.0 Å². The van der Waals surface area contributed by atoms with Gasteiger partial charge in [-0.2, -0.15) is 0 Å². The predicted octanol–water partition coefficient (Wildman–Crippen LogP) is 2.87. The largest absolute Gasteiger partial charge is 0.480 e. The molecule has 1 aromatic rings. The first-order valence-corrected chi connectivity index (χ1v) is 4.47. The zero-order valence-electron chi connectivity index (χ0n) is 6.96. The van der Waals surface area contributed by atoms with Gasteiger partial charge in [0.05, 0.1) is 5.02 Å². The fraction of sp³-hybridized carbons (Fsp3) is 0.222. The SMILES string of the molecule is C[C@H](Oc1ccccc1Cl)C(=O)Cl. The third-order valence-electron chi connectivity index (χ3n) is 1.46. The van der Waals surface area contributed by atoms with Gasteiger partial charge in [0.25, 0.3) is 5.24 Å². The van der Waals surface area contributed by atoms with Gasteiger partial charge in [0, 0.05) is 0 Å². The Labute approximate surface area is 86.4 Å². The molecule has 70 valence electrons. The Balaban J connectivity index is 2.74. The van der Waals surface area contributed by atoms with E-state index in [9.17, 15) is 4.79 Å². The molecule has 1 rings (SSSR count). The van der Waals surface area contributed by atoms with Crippen molar-refractivity contribution < 1.29 is 9.53 Å². The fourth-order valence-electron chi connectivity index (χ4n) is 0.777. The summed E-state index contributed by atoms with van der Waals surface area (Å²) in [6.45, 7) is 1.57. The van der Waals surface area contributed by atoms with Gasteiger partial charge >= 0.3 is 0 Å². The summed E-state index contributed by atoms with van der Waals surface area (Å²) in [4.78, 5) is 10.7. The topological polar surface area (TPSA) is 26.3 Å². The van der Waals surface area contributed by atoms with E-state index in [4.69, 9.17) is 27.9 Å². The van der Waals surface area contributed by atoms with Crippen LogP contribution in [-0.2, 0) is 4.79 Å². The van der Waals surface area contributed by atoms with Gasteiger partial charge in [-0.15, -0.1) is 0 Å². The van der Waals surface area contributed by atoms with E-state index in [1.807, 2.05) is 0 Å². The summed E-state index contributed by atoms with van der Waals surface area (Å²) in [5.41, 5.74) is 0. The number of ether oxygens (including phenoxy) is 1. The van der Waals surface area contributed by atoms with Gasteiger partial charge in [-0.3, -0.25) is 4.79 Å². The van der Waals surface area contributed by atoms with Gasteiger partial charge in [-0.1, -0.05) is 23.7 Å². The number of rotatable bonds is 3. The summed E-state index contributed by atoms with van der Waals surface area (Å²) in [5.74, 6) is 0.464. The molecule has 0 bridgehead atoms. The minimum Gasteiger partial charge on any atom is -0.480 e. The third kappa shape index (κ3) is 2.90. The van der Waals surface area contributed by atoms with Crippen molar-refractivity contribution in [3.63, 3.8) is 0 Å². The van der Waals surface area contributed by atoms with E-state index in [1.165, 1.54) is 0 Å². The van der Waals surface area contributed by atoms with E-state index >= 15 is 0 Å². The molecule has 0 heterocycles. The molecular formula is C9H8Cl2O2. The monoisotopic (exact) mass is 218 g/mol. The summed E-state index contributed by atoms with van der Waals surface area (Å²) in [6, 6.07) is 6.91. The molecule has 0 aromatic heterocycles. The average Bonchev–Trinajstić information content (AvgIpc) is 2.08. The number of para-hydroxylation sites is 1. The van der Waals surface area contributed by atoms with E-state index in [2.05, 4.69) is 0 Å². The van der Waals surface area contributed by atoms with Gasteiger partial charge in [0.15, 0.2) is 6.10 Å². The first-order chi connectivity index (χ1) is 6.11. The van der Waals surface area contributed by atoms with Gasteiger partial charge in [0.2, 0.25) is 0 Å². The molecule has 0 N–H and O–H groups in total. The fourth-order valence-corrected chi connectivity index (χ4v) is 1.00. The van der Waals surface area contributed by atoms with Crippen molar-refractivity contribution in [1.29, 1.82) is 0 Å². The Kier molecular flexibility index (Phi) is 3.58. The molecule has 1 atom stereocenters. The number of benzene rings is 1. The minimum absolute atomic E-state index is 0.464.